The van der Waals surface area contributed by atoms with Crippen LogP contribution in [-0.4, -0.2) is 43.1 Å². The number of nitrogens with zero attached hydrogens (tertiary/aromatic N) is 2. The van der Waals surface area contributed by atoms with Crippen molar-refractivity contribution in [1.82, 2.24) is 5.01 Å². The summed E-state index contributed by atoms with van der Waals surface area (Å²) in [5.41, 5.74) is 0.779. The maximum atomic E-state index is 11.8. The monoisotopic (exact) mass is 246 g/mol. The molecular weight excluding hydrogens is 228 g/mol. The third kappa shape index (κ3) is 2.81. The van der Waals surface area contributed by atoms with Crippen LogP contribution in [0.15, 0.2) is 5.10 Å². The molecule has 0 N–H and O–H groups in total. The predicted molar refractivity (Wildman–Crippen MR) is 62.9 cm³/mol. The van der Waals surface area contributed by atoms with E-state index in [0.29, 0.717) is 6.42 Å². The zero-order valence-corrected chi connectivity index (χ0v) is 10.7. The Morgan fingerprint density at radius 1 is 1.38 bits per heavy atom. The molecule has 0 aromatic carbocycles. The Kier molecular flexibility index (Phi) is 4.07. The molecule has 1 aliphatic rings. The van der Waals surface area contributed by atoms with E-state index in [1.807, 2.05) is 6.92 Å². The molecule has 1 unspecified atom stereocenters. The van der Waals surface area contributed by atoms with Crippen molar-refractivity contribution in [2.24, 2.45) is 11.0 Å². The predicted octanol–water partition coefficient (Wildman–Crippen LogP) is 0.665. The van der Waals surface area contributed by atoms with Gasteiger partial charge in [0.15, 0.2) is 9.84 Å². The highest BCUT2D eigenvalue weighted by molar-refractivity contribution is 7.91. The van der Waals surface area contributed by atoms with Crippen LogP contribution >= 0.6 is 0 Å². The number of amides is 1. The van der Waals surface area contributed by atoms with E-state index >= 15 is 0 Å². The van der Waals surface area contributed by atoms with Crippen molar-refractivity contribution >= 4 is 21.5 Å². The average Bonchev–Trinajstić information content (AvgIpc) is 2.51. The van der Waals surface area contributed by atoms with Gasteiger partial charge in [-0.2, -0.15) is 5.10 Å². The standard InChI is InChI=1S/C10H18N2O3S/c1-4-9-8(3)11-12(10(9)13)6-7-16(14,15)5-2/h9H,4-7H2,1-3H3. The van der Waals surface area contributed by atoms with E-state index in [4.69, 9.17) is 0 Å². The lowest BCUT2D eigenvalue weighted by atomic mass is 10.0. The van der Waals surface area contributed by atoms with Crippen LogP contribution in [0.5, 0.6) is 0 Å². The summed E-state index contributed by atoms with van der Waals surface area (Å²) in [5, 5.41) is 5.38. The van der Waals surface area contributed by atoms with E-state index in [1.54, 1.807) is 13.8 Å². The molecule has 1 atom stereocenters. The second kappa shape index (κ2) is 4.95. The largest absolute Gasteiger partial charge is 0.272 e. The van der Waals surface area contributed by atoms with Crippen LogP contribution in [0.2, 0.25) is 0 Å². The van der Waals surface area contributed by atoms with Gasteiger partial charge < -0.3 is 0 Å². The quantitative estimate of drug-likeness (QED) is 0.716. The Labute approximate surface area is 96.4 Å². The average molecular weight is 246 g/mol. The number of carbonyl (C=O) groups is 1. The fourth-order valence-corrected chi connectivity index (χ4v) is 2.41. The van der Waals surface area contributed by atoms with E-state index < -0.39 is 9.84 Å². The van der Waals surface area contributed by atoms with Crippen molar-refractivity contribution in [1.29, 1.82) is 0 Å². The SMILES string of the molecule is CCC1C(=O)N(CCS(=O)(=O)CC)N=C1C. The normalized spacial score (nSPS) is 21.4. The highest BCUT2D eigenvalue weighted by Crippen LogP contribution is 2.18. The van der Waals surface area contributed by atoms with Gasteiger partial charge >= 0.3 is 0 Å². The fraction of sp³-hybridized carbons (Fsp3) is 0.800. The molecule has 0 radical (unpaired) electrons. The molecule has 0 saturated heterocycles. The molecule has 1 amide bonds. The molecule has 0 spiro atoms. The van der Waals surface area contributed by atoms with Crippen molar-refractivity contribution in [3.05, 3.63) is 0 Å². The van der Waals surface area contributed by atoms with Crippen LogP contribution in [-0.2, 0) is 14.6 Å². The lowest BCUT2D eigenvalue weighted by Crippen LogP contribution is -2.31. The minimum absolute atomic E-state index is 0.0115. The second-order valence-corrected chi connectivity index (χ2v) is 6.37. The Morgan fingerprint density at radius 2 is 2.00 bits per heavy atom. The van der Waals surface area contributed by atoms with E-state index in [2.05, 4.69) is 5.10 Å². The Hall–Kier alpha value is -0.910. The van der Waals surface area contributed by atoms with Crippen molar-refractivity contribution in [3.63, 3.8) is 0 Å². The van der Waals surface area contributed by atoms with Gasteiger partial charge in [-0.25, -0.2) is 13.4 Å². The van der Waals surface area contributed by atoms with Gasteiger partial charge in [0.2, 0.25) is 0 Å². The summed E-state index contributed by atoms with van der Waals surface area (Å²) in [6.45, 7) is 5.50. The minimum Gasteiger partial charge on any atom is -0.272 e. The lowest BCUT2D eigenvalue weighted by Gasteiger charge is -2.13. The molecule has 16 heavy (non-hydrogen) atoms. The van der Waals surface area contributed by atoms with Gasteiger partial charge in [-0.15, -0.1) is 0 Å². The van der Waals surface area contributed by atoms with E-state index in [9.17, 15) is 13.2 Å². The zero-order valence-electron chi connectivity index (χ0n) is 9.93. The summed E-state index contributed by atoms with van der Waals surface area (Å²) in [7, 11) is -3.04. The first-order valence-corrected chi connectivity index (χ1v) is 7.30. The van der Waals surface area contributed by atoms with Gasteiger partial charge in [-0.05, 0) is 13.3 Å². The van der Waals surface area contributed by atoms with E-state index in [-0.39, 0.29) is 29.9 Å². The molecule has 6 heteroatoms. The zero-order chi connectivity index (χ0) is 12.3. The number of rotatable bonds is 5. The molecule has 0 aromatic heterocycles. The van der Waals surface area contributed by atoms with Crippen LogP contribution in [0.4, 0.5) is 0 Å². The number of carbonyl (C=O) groups excluding carboxylic acids is 1. The summed E-state index contributed by atoms with van der Waals surface area (Å²) in [5.74, 6) is -0.146. The van der Waals surface area contributed by atoms with Crippen LogP contribution in [0.1, 0.15) is 27.2 Å². The molecular formula is C10H18N2O3S. The van der Waals surface area contributed by atoms with Crippen LogP contribution in [0, 0.1) is 5.92 Å². The molecule has 0 fully saturated rings. The Bertz CT molecular complexity index is 400. The topological polar surface area (TPSA) is 66.8 Å². The number of sulfone groups is 1. The first-order chi connectivity index (χ1) is 7.41. The first-order valence-electron chi connectivity index (χ1n) is 5.48. The number of hydrogen-bond acceptors (Lipinski definition) is 4. The van der Waals surface area contributed by atoms with Crippen molar-refractivity contribution in [3.8, 4) is 0 Å². The lowest BCUT2D eigenvalue weighted by molar-refractivity contribution is -0.131. The van der Waals surface area contributed by atoms with E-state index in [0.717, 1.165) is 5.71 Å². The summed E-state index contributed by atoms with van der Waals surface area (Å²) in [4.78, 5) is 11.8. The number of hydrogen-bond donors (Lipinski definition) is 0. The van der Waals surface area contributed by atoms with Gasteiger partial charge in [0.05, 0.1) is 18.2 Å². The summed E-state index contributed by atoms with van der Waals surface area (Å²) >= 11 is 0. The van der Waals surface area contributed by atoms with Crippen LogP contribution in [0.3, 0.4) is 0 Å². The Morgan fingerprint density at radius 3 is 2.44 bits per heavy atom. The smallest absolute Gasteiger partial charge is 0.251 e. The molecule has 5 nitrogen and oxygen atoms in total. The third-order valence-electron chi connectivity index (χ3n) is 2.80. The highest BCUT2D eigenvalue weighted by atomic mass is 32.2. The van der Waals surface area contributed by atoms with Crippen LogP contribution < -0.4 is 0 Å². The maximum absolute atomic E-state index is 11.8. The van der Waals surface area contributed by atoms with Crippen molar-refractivity contribution in [2.75, 3.05) is 18.1 Å². The highest BCUT2D eigenvalue weighted by Gasteiger charge is 2.32. The summed E-state index contributed by atoms with van der Waals surface area (Å²) < 4.78 is 22.6. The molecule has 1 rings (SSSR count). The van der Waals surface area contributed by atoms with E-state index in [1.165, 1.54) is 5.01 Å². The Balaban J connectivity index is 2.62. The van der Waals surface area contributed by atoms with Gasteiger partial charge in [0.1, 0.15) is 0 Å². The summed E-state index contributed by atoms with van der Waals surface area (Å²) in [6, 6.07) is 0. The third-order valence-corrected chi connectivity index (χ3v) is 4.48. The number of hydrazone groups is 1. The minimum atomic E-state index is -3.04. The molecule has 0 aliphatic carbocycles. The molecule has 92 valence electrons. The van der Waals surface area contributed by atoms with Gasteiger partial charge in [-0.3, -0.25) is 4.79 Å². The van der Waals surface area contributed by atoms with Crippen LogP contribution in [0.25, 0.3) is 0 Å². The fourth-order valence-electron chi connectivity index (χ4n) is 1.67. The second-order valence-electron chi connectivity index (χ2n) is 3.90. The molecule has 0 aromatic rings. The van der Waals surface area contributed by atoms with Gasteiger partial charge in [0.25, 0.3) is 5.91 Å². The van der Waals surface area contributed by atoms with Gasteiger partial charge in [-0.1, -0.05) is 13.8 Å². The van der Waals surface area contributed by atoms with Crippen molar-refractivity contribution < 1.29 is 13.2 Å². The van der Waals surface area contributed by atoms with Crippen molar-refractivity contribution in [2.45, 2.75) is 27.2 Å². The van der Waals surface area contributed by atoms with Gasteiger partial charge in [0, 0.05) is 11.5 Å². The maximum Gasteiger partial charge on any atom is 0.251 e. The molecule has 1 aliphatic heterocycles. The summed E-state index contributed by atoms with van der Waals surface area (Å²) in [6.07, 6.45) is 0.713. The molecule has 0 saturated carbocycles. The molecule has 1 heterocycles. The first kappa shape index (κ1) is 13.2. The molecule has 0 bridgehead atoms.